The summed E-state index contributed by atoms with van der Waals surface area (Å²) in [6.45, 7) is 5.73. The Morgan fingerprint density at radius 3 is 2.76 bits per heavy atom. The molecule has 1 N–H and O–H groups in total. The Balaban J connectivity index is 1.72. The quantitative estimate of drug-likeness (QED) is 0.789. The Kier molecular flexibility index (Phi) is 3.63. The Hall–Kier alpha value is -2.63. The van der Waals surface area contributed by atoms with Crippen LogP contribution < -0.4 is 5.32 Å². The monoisotopic (exact) mass is 338 g/mol. The predicted octanol–water partition coefficient (Wildman–Crippen LogP) is 3.55. The Labute approximate surface area is 146 Å². The van der Waals surface area contributed by atoms with Gasteiger partial charge in [0.15, 0.2) is 5.65 Å². The maximum absolute atomic E-state index is 13.0. The minimum absolute atomic E-state index is 0.119. The topological polar surface area (TPSA) is 73.0 Å². The van der Waals surface area contributed by atoms with Crippen LogP contribution in [-0.2, 0) is 7.05 Å². The lowest BCUT2D eigenvalue weighted by Crippen LogP contribution is -2.27. The molecule has 1 aliphatic carbocycles. The van der Waals surface area contributed by atoms with Gasteiger partial charge >= 0.3 is 0 Å². The molecule has 3 heterocycles. The molecule has 0 spiro atoms. The van der Waals surface area contributed by atoms with Crippen LogP contribution in [-0.4, -0.2) is 20.7 Å². The van der Waals surface area contributed by atoms with E-state index in [-0.39, 0.29) is 11.9 Å². The van der Waals surface area contributed by atoms with E-state index in [1.807, 2.05) is 46.0 Å². The molecule has 1 atom stereocenters. The van der Waals surface area contributed by atoms with Crippen molar-refractivity contribution in [3.8, 4) is 0 Å². The number of carbonyl (C=O) groups is 1. The van der Waals surface area contributed by atoms with Crippen molar-refractivity contribution >= 4 is 16.9 Å². The van der Waals surface area contributed by atoms with E-state index in [9.17, 15) is 4.79 Å². The van der Waals surface area contributed by atoms with Crippen LogP contribution in [0.3, 0.4) is 0 Å². The summed E-state index contributed by atoms with van der Waals surface area (Å²) >= 11 is 0. The molecule has 1 unspecified atom stereocenters. The van der Waals surface area contributed by atoms with Gasteiger partial charge in [-0.3, -0.25) is 9.48 Å². The van der Waals surface area contributed by atoms with Crippen LogP contribution >= 0.6 is 0 Å². The van der Waals surface area contributed by atoms with Crippen molar-refractivity contribution in [2.24, 2.45) is 7.05 Å². The molecule has 6 heteroatoms. The Bertz CT molecular complexity index is 965. The number of fused-ring (bicyclic) bond motifs is 1. The first kappa shape index (κ1) is 15.9. The lowest BCUT2D eigenvalue weighted by molar-refractivity contribution is 0.0936. The minimum Gasteiger partial charge on any atom is -0.464 e. The first-order valence-electron chi connectivity index (χ1n) is 8.65. The number of pyridine rings is 1. The van der Waals surface area contributed by atoms with Crippen LogP contribution in [0.15, 0.2) is 22.6 Å². The number of nitrogens with zero attached hydrogens (tertiary/aromatic N) is 3. The van der Waals surface area contributed by atoms with Crippen molar-refractivity contribution in [3.63, 3.8) is 0 Å². The highest BCUT2D eigenvalue weighted by atomic mass is 16.3. The number of hydrogen-bond donors (Lipinski definition) is 1. The third kappa shape index (κ3) is 2.81. The SMILES string of the molecule is Cc1ccc(C(C)NC(=O)c2cc(C3CC3)nc3c2c(C)nn3C)o1. The van der Waals surface area contributed by atoms with E-state index in [0.717, 1.165) is 46.8 Å². The number of furan rings is 1. The smallest absolute Gasteiger partial charge is 0.252 e. The third-order valence-electron chi connectivity index (χ3n) is 4.76. The molecular weight excluding hydrogens is 316 g/mol. The predicted molar refractivity (Wildman–Crippen MR) is 94.5 cm³/mol. The summed E-state index contributed by atoms with van der Waals surface area (Å²) in [4.78, 5) is 17.7. The van der Waals surface area contributed by atoms with Crippen LogP contribution in [0.5, 0.6) is 0 Å². The largest absolute Gasteiger partial charge is 0.464 e. The summed E-state index contributed by atoms with van der Waals surface area (Å²) in [5.74, 6) is 1.94. The standard InChI is InChI=1S/C19H22N4O2/c1-10-5-8-16(25-10)11(2)20-19(24)14-9-15(13-6-7-13)21-18-17(14)12(3)22-23(18)4/h5,8-9,11,13H,6-7H2,1-4H3,(H,20,24). The molecule has 4 rings (SSSR count). The highest BCUT2D eigenvalue weighted by Crippen LogP contribution is 2.40. The molecule has 0 aliphatic heterocycles. The van der Waals surface area contributed by atoms with Gasteiger partial charge in [-0.1, -0.05) is 0 Å². The molecule has 0 aromatic carbocycles. The van der Waals surface area contributed by atoms with Crippen LogP contribution in [0.25, 0.3) is 11.0 Å². The molecule has 130 valence electrons. The highest BCUT2D eigenvalue weighted by molar-refractivity contribution is 6.06. The number of aryl methyl sites for hydroxylation is 3. The van der Waals surface area contributed by atoms with Gasteiger partial charge in [0.05, 0.1) is 22.7 Å². The lowest BCUT2D eigenvalue weighted by atomic mass is 10.1. The van der Waals surface area contributed by atoms with Gasteiger partial charge in [0.1, 0.15) is 11.5 Å². The van der Waals surface area contributed by atoms with Crippen molar-refractivity contribution in [2.45, 2.75) is 45.6 Å². The number of carbonyl (C=O) groups excluding carboxylic acids is 1. The number of nitrogens with one attached hydrogen (secondary N) is 1. The van der Waals surface area contributed by atoms with Crippen molar-refractivity contribution in [2.75, 3.05) is 0 Å². The van der Waals surface area contributed by atoms with Crippen LogP contribution in [0.1, 0.15) is 65.0 Å². The van der Waals surface area contributed by atoms with Crippen molar-refractivity contribution < 1.29 is 9.21 Å². The summed E-state index contributed by atoms with van der Waals surface area (Å²) in [6, 6.07) is 5.53. The average Bonchev–Trinajstić information content (AvgIpc) is 3.27. The van der Waals surface area contributed by atoms with Crippen molar-refractivity contribution in [3.05, 3.63) is 46.7 Å². The van der Waals surface area contributed by atoms with Gasteiger partial charge in [0.2, 0.25) is 0 Å². The van der Waals surface area contributed by atoms with E-state index in [4.69, 9.17) is 9.40 Å². The van der Waals surface area contributed by atoms with Crippen molar-refractivity contribution in [1.82, 2.24) is 20.1 Å². The molecule has 0 bridgehead atoms. The number of hydrogen-bond acceptors (Lipinski definition) is 4. The van der Waals surface area contributed by atoms with Gasteiger partial charge in [-0.25, -0.2) is 4.98 Å². The number of rotatable bonds is 4. The fourth-order valence-electron chi connectivity index (χ4n) is 3.26. The van der Waals surface area contributed by atoms with Crippen LogP contribution in [0.2, 0.25) is 0 Å². The van der Waals surface area contributed by atoms with E-state index >= 15 is 0 Å². The van der Waals surface area contributed by atoms with E-state index < -0.39 is 0 Å². The van der Waals surface area contributed by atoms with Gasteiger partial charge in [0, 0.05) is 18.7 Å². The molecule has 1 amide bonds. The highest BCUT2D eigenvalue weighted by Gasteiger charge is 2.29. The second kappa shape index (κ2) is 5.72. The zero-order valence-corrected chi connectivity index (χ0v) is 15.0. The fourth-order valence-corrected chi connectivity index (χ4v) is 3.26. The second-order valence-corrected chi connectivity index (χ2v) is 6.92. The molecule has 25 heavy (non-hydrogen) atoms. The molecule has 6 nitrogen and oxygen atoms in total. The van der Waals surface area contributed by atoms with Gasteiger partial charge < -0.3 is 9.73 Å². The molecule has 0 saturated heterocycles. The van der Waals surface area contributed by atoms with E-state index in [1.54, 1.807) is 4.68 Å². The van der Waals surface area contributed by atoms with E-state index in [2.05, 4.69) is 10.4 Å². The maximum Gasteiger partial charge on any atom is 0.252 e. The van der Waals surface area contributed by atoms with E-state index in [1.165, 1.54) is 0 Å². The summed E-state index contributed by atoms with van der Waals surface area (Å²) in [5.41, 5.74) is 3.22. The molecule has 3 aromatic rings. The number of aromatic nitrogens is 3. The summed E-state index contributed by atoms with van der Waals surface area (Å²) in [6.07, 6.45) is 2.27. The zero-order chi connectivity index (χ0) is 17.7. The molecule has 1 aliphatic rings. The Morgan fingerprint density at radius 1 is 1.36 bits per heavy atom. The summed E-state index contributed by atoms with van der Waals surface area (Å²) < 4.78 is 7.38. The lowest BCUT2D eigenvalue weighted by Gasteiger charge is -2.13. The molecule has 0 radical (unpaired) electrons. The summed E-state index contributed by atoms with van der Waals surface area (Å²) in [5, 5.41) is 8.32. The maximum atomic E-state index is 13.0. The molecule has 3 aromatic heterocycles. The minimum atomic E-state index is -0.203. The molecule has 1 fully saturated rings. The first-order chi connectivity index (χ1) is 11.9. The first-order valence-corrected chi connectivity index (χ1v) is 8.65. The van der Waals surface area contributed by atoms with Gasteiger partial charge in [-0.2, -0.15) is 5.10 Å². The Morgan fingerprint density at radius 2 is 2.12 bits per heavy atom. The third-order valence-corrected chi connectivity index (χ3v) is 4.76. The van der Waals surface area contributed by atoms with Crippen LogP contribution in [0.4, 0.5) is 0 Å². The fraction of sp³-hybridized carbons (Fsp3) is 0.421. The van der Waals surface area contributed by atoms with Gasteiger partial charge in [0.25, 0.3) is 5.91 Å². The zero-order valence-electron chi connectivity index (χ0n) is 15.0. The summed E-state index contributed by atoms with van der Waals surface area (Å²) in [7, 11) is 1.87. The van der Waals surface area contributed by atoms with E-state index in [0.29, 0.717) is 11.5 Å². The van der Waals surface area contributed by atoms with Crippen molar-refractivity contribution in [1.29, 1.82) is 0 Å². The van der Waals surface area contributed by atoms with Gasteiger partial charge in [-0.15, -0.1) is 0 Å². The number of amides is 1. The average molecular weight is 338 g/mol. The molecule has 1 saturated carbocycles. The normalized spacial score (nSPS) is 15.5. The molecular formula is C19H22N4O2. The van der Waals surface area contributed by atoms with Crippen LogP contribution in [0, 0.1) is 13.8 Å². The second-order valence-electron chi connectivity index (χ2n) is 6.92. The van der Waals surface area contributed by atoms with Gasteiger partial charge in [-0.05, 0) is 51.8 Å².